The van der Waals surface area contributed by atoms with Crippen LogP contribution >= 0.6 is 17.0 Å². The van der Waals surface area contributed by atoms with E-state index in [1.165, 1.54) is 22.3 Å². The second-order valence-electron chi connectivity index (χ2n) is 4.32. The van der Waals surface area contributed by atoms with Gasteiger partial charge in [-0.1, -0.05) is 49.6 Å². The van der Waals surface area contributed by atoms with E-state index in [2.05, 4.69) is 56.0 Å². The minimum absolute atomic E-state index is 0.826. The van der Waals surface area contributed by atoms with Crippen LogP contribution in [0.2, 0.25) is 0 Å². The van der Waals surface area contributed by atoms with Crippen molar-refractivity contribution in [3.05, 3.63) is 78.2 Å². The van der Waals surface area contributed by atoms with Crippen LogP contribution in [0.3, 0.4) is 0 Å². The summed E-state index contributed by atoms with van der Waals surface area (Å²) in [7, 11) is 9.87. The van der Waals surface area contributed by atoms with Gasteiger partial charge in [0, 0.05) is 6.42 Å². The van der Waals surface area contributed by atoms with Gasteiger partial charge in [0.1, 0.15) is 0 Å². The van der Waals surface area contributed by atoms with Crippen molar-refractivity contribution in [2.24, 2.45) is 0 Å². The predicted octanol–water partition coefficient (Wildman–Crippen LogP) is 5.93. The summed E-state index contributed by atoms with van der Waals surface area (Å²) in [4.78, 5) is 0. The SMILES string of the molecule is C=Cc1ccc2c(c1)-c1cc(C=C)ccc1[CH]2.[Cl][Zr][Cl]. The number of fused-ring (bicyclic) bond motifs is 3. The third-order valence-corrected chi connectivity index (χ3v) is 3.23. The molecule has 3 heteroatoms. The van der Waals surface area contributed by atoms with Crippen molar-refractivity contribution in [1.29, 1.82) is 0 Å². The van der Waals surface area contributed by atoms with Crippen molar-refractivity contribution >= 4 is 29.2 Å². The Kier molecular flexibility index (Phi) is 5.84. The van der Waals surface area contributed by atoms with Crippen molar-refractivity contribution in [2.45, 2.75) is 0 Å². The van der Waals surface area contributed by atoms with Gasteiger partial charge in [-0.2, -0.15) is 0 Å². The number of benzene rings is 2. The van der Waals surface area contributed by atoms with Crippen LogP contribution in [0.4, 0.5) is 0 Å². The van der Waals surface area contributed by atoms with Crippen molar-refractivity contribution < 1.29 is 20.8 Å². The Labute approximate surface area is 138 Å². The predicted molar refractivity (Wildman–Crippen MR) is 86.3 cm³/mol. The molecule has 0 spiro atoms. The molecule has 1 radical (unpaired) electrons. The van der Waals surface area contributed by atoms with Gasteiger partial charge in [0.05, 0.1) is 0 Å². The van der Waals surface area contributed by atoms with Gasteiger partial charge in [-0.05, 0) is 45.5 Å². The van der Waals surface area contributed by atoms with Gasteiger partial charge in [0.2, 0.25) is 0 Å². The molecule has 0 unspecified atom stereocenters. The first-order valence-electron chi connectivity index (χ1n) is 6.08. The van der Waals surface area contributed by atoms with Gasteiger partial charge < -0.3 is 0 Å². The van der Waals surface area contributed by atoms with Crippen LogP contribution in [-0.2, 0) is 20.8 Å². The molecule has 2 aromatic carbocycles. The number of rotatable bonds is 2. The normalized spacial score (nSPS) is 10.7. The van der Waals surface area contributed by atoms with Crippen molar-refractivity contribution in [3.8, 4) is 11.1 Å². The summed E-state index contributed by atoms with van der Waals surface area (Å²) in [5, 5.41) is 0. The standard InChI is InChI=1S/C17H13.2ClH.Zr/c1-3-12-5-7-14-11-15-8-6-13(4-2)10-17(15)16(14)9-12;;;/h3-11H,1-2H2;2*1H;/q;;;+2/p-2. The van der Waals surface area contributed by atoms with Crippen molar-refractivity contribution in [3.63, 3.8) is 0 Å². The van der Waals surface area contributed by atoms with Crippen LogP contribution in [0.25, 0.3) is 23.3 Å². The van der Waals surface area contributed by atoms with Gasteiger partial charge in [-0.25, -0.2) is 0 Å². The zero-order chi connectivity index (χ0) is 14.5. The van der Waals surface area contributed by atoms with Crippen molar-refractivity contribution in [2.75, 3.05) is 0 Å². The molecule has 0 aliphatic heterocycles. The average molecular weight is 379 g/mol. The minimum atomic E-state index is -0.826. The second kappa shape index (κ2) is 7.41. The van der Waals surface area contributed by atoms with E-state index in [0.717, 1.165) is 11.1 Å². The molecule has 3 rings (SSSR count). The molecule has 1 aliphatic rings. The third-order valence-electron chi connectivity index (χ3n) is 3.23. The average Bonchev–Trinajstić information content (AvgIpc) is 2.84. The molecule has 0 atom stereocenters. The summed E-state index contributed by atoms with van der Waals surface area (Å²) in [6.07, 6.45) is 6.00. The topological polar surface area (TPSA) is 0 Å². The van der Waals surface area contributed by atoms with Gasteiger partial charge in [-0.3, -0.25) is 0 Å². The molecule has 99 valence electrons. The summed E-state index contributed by atoms with van der Waals surface area (Å²) in [6, 6.07) is 12.9. The van der Waals surface area contributed by atoms with Gasteiger partial charge in [0.15, 0.2) is 0 Å². The Bertz CT molecular complexity index is 592. The summed E-state index contributed by atoms with van der Waals surface area (Å²) in [5.74, 6) is 0. The monoisotopic (exact) mass is 377 g/mol. The molecule has 1 aliphatic carbocycles. The van der Waals surface area contributed by atoms with Crippen molar-refractivity contribution in [1.82, 2.24) is 0 Å². The summed E-state index contributed by atoms with van der Waals surface area (Å²) in [5.41, 5.74) is 7.48. The molecule has 0 N–H and O–H groups in total. The van der Waals surface area contributed by atoms with E-state index < -0.39 is 20.8 Å². The Morgan fingerprint density at radius 2 is 1.20 bits per heavy atom. The maximum absolute atomic E-state index is 4.93. The molecular formula is C17H13Cl2Zr. The van der Waals surface area contributed by atoms with E-state index in [1.54, 1.807) is 0 Å². The Morgan fingerprint density at radius 1 is 0.800 bits per heavy atom. The molecule has 0 fully saturated rings. The zero-order valence-corrected chi connectivity index (χ0v) is 14.8. The van der Waals surface area contributed by atoms with Gasteiger partial charge in [0.25, 0.3) is 0 Å². The van der Waals surface area contributed by atoms with E-state index in [1.807, 2.05) is 12.2 Å². The number of hydrogen-bond acceptors (Lipinski definition) is 0. The summed E-state index contributed by atoms with van der Waals surface area (Å²) in [6.45, 7) is 7.64. The molecule has 0 heterocycles. The number of halogens is 2. The molecule has 0 nitrogen and oxygen atoms in total. The first kappa shape index (κ1) is 15.8. The third kappa shape index (κ3) is 3.34. The molecule has 0 saturated heterocycles. The fourth-order valence-electron chi connectivity index (χ4n) is 2.29. The quantitative estimate of drug-likeness (QED) is 0.518. The van der Waals surface area contributed by atoms with E-state index in [-0.39, 0.29) is 0 Å². The molecule has 20 heavy (non-hydrogen) atoms. The van der Waals surface area contributed by atoms with Gasteiger partial charge in [-0.15, -0.1) is 0 Å². The van der Waals surface area contributed by atoms with Crippen LogP contribution < -0.4 is 0 Å². The maximum atomic E-state index is 4.93. The molecule has 0 amide bonds. The van der Waals surface area contributed by atoms with E-state index >= 15 is 0 Å². The van der Waals surface area contributed by atoms with E-state index in [0.29, 0.717) is 0 Å². The summed E-state index contributed by atoms with van der Waals surface area (Å²) >= 11 is -0.826. The molecule has 0 bridgehead atoms. The van der Waals surface area contributed by atoms with Crippen LogP contribution in [0.5, 0.6) is 0 Å². The Hall–Kier alpha value is -0.617. The fraction of sp³-hybridized carbons (Fsp3) is 0. The first-order valence-corrected chi connectivity index (χ1v) is 12.4. The molecule has 2 aromatic rings. The van der Waals surface area contributed by atoms with E-state index in [4.69, 9.17) is 17.0 Å². The molecule has 0 saturated carbocycles. The van der Waals surface area contributed by atoms with Crippen LogP contribution in [0.1, 0.15) is 22.3 Å². The fourth-order valence-corrected chi connectivity index (χ4v) is 2.29. The van der Waals surface area contributed by atoms with Crippen LogP contribution in [0.15, 0.2) is 49.6 Å². The van der Waals surface area contributed by atoms with Crippen LogP contribution in [-0.4, -0.2) is 0 Å². The first-order chi connectivity index (χ1) is 9.73. The van der Waals surface area contributed by atoms with E-state index in [9.17, 15) is 0 Å². The zero-order valence-electron chi connectivity index (χ0n) is 10.9. The Balaban J connectivity index is 0.000000452. The van der Waals surface area contributed by atoms with Crippen LogP contribution in [0, 0.1) is 6.42 Å². The molecular weight excluding hydrogens is 366 g/mol. The number of hydrogen-bond donors (Lipinski definition) is 0. The molecule has 0 aromatic heterocycles. The second-order valence-corrected chi connectivity index (χ2v) is 8.05. The summed E-state index contributed by atoms with van der Waals surface area (Å²) < 4.78 is 0. The Morgan fingerprint density at radius 3 is 1.55 bits per heavy atom. The van der Waals surface area contributed by atoms with Gasteiger partial charge >= 0.3 is 37.9 Å².